The van der Waals surface area contributed by atoms with Crippen molar-refractivity contribution in [2.24, 2.45) is 0 Å². The molecule has 0 saturated heterocycles. The number of aryl methyl sites for hydroxylation is 1. The van der Waals surface area contributed by atoms with Crippen LogP contribution in [0.3, 0.4) is 0 Å². The molecule has 108 valence electrons. The molecule has 0 amide bonds. The minimum absolute atomic E-state index is 0.0703. The third-order valence-corrected chi connectivity index (χ3v) is 2.74. The number of pyridine rings is 2. The fourth-order valence-electron chi connectivity index (χ4n) is 1.90. The topological polar surface area (TPSA) is 70.8 Å². The number of anilines is 1. The van der Waals surface area contributed by atoms with E-state index in [4.69, 9.17) is 10.00 Å². The molecule has 0 radical (unpaired) electrons. The first kappa shape index (κ1) is 14.8. The molecule has 1 N–H and O–H groups in total. The van der Waals surface area contributed by atoms with Gasteiger partial charge in [-0.1, -0.05) is 6.07 Å². The monoisotopic (exact) mass is 282 g/mol. The SMILES string of the molecule is Cc1cc(C#N)cc(NCc2cccnc2OC(C)C)n1. The second-order valence-corrected chi connectivity index (χ2v) is 4.98. The Morgan fingerprint density at radius 1 is 1.38 bits per heavy atom. The van der Waals surface area contributed by atoms with E-state index in [-0.39, 0.29) is 6.10 Å². The molecule has 0 unspecified atom stereocenters. The molecular weight excluding hydrogens is 264 g/mol. The summed E-state index contributed by atoms with van der Waals surface area (Å²) >= 11 is 0. The number of aromatic nitrogens is 2. The molecule has 0 spiro atoms. The lowest BCUT2D eigenvalue weighted by atomic mass is 10.2. The molecule has 2 rings (SSSR count). The Labute approximate surface area is 124 Å². The van der Waals surface area contributed by atoms with E-state index in [0.717, 1.165) is 11.3 Å². The summed E-state index contributed by atoms with van der Waals surface area (Å²) < 4.78 is 5.68. The van der Waals surface area contributed by atoms with Gasteiger partial charge in [0.05, 0.1) is 17.7 Å². The predicted octanol–water partition coefficient (Wildman–Crippen LogP) is 3.06. The van der Waals surface area contributed by atoms with Crippen LogP contribution in [0, 0.1) is 18.3 Å². The van der Waals surface area contributed by atoms with E-state index in [2.05, 4.69) is 21.4 Å². The van der Waals surface area contributed by atoms with Gasteiger partial charge >= 0.3 is 0 Å². The molecule has 0 aromatic carbocycles. The van der Waals surface area contributed by atoms with Gasteiger partial charge in [-0.3, -0.25) is 0 Å². The Kier molecular flexibility index (Phi) is 4.72. The summed E-state index contributed by atoms with van der Waals surface area (Å²) in [6.07, 6.45) is 1.78. The maximum atomic E-state index is 8.98. The minimum Gasteiger partial charge on any atom is -0.475 e. The standard InChI is InChI=1S/C16H18N4O/c1-11(2)21-16-14(5-4-6-18-16)10-19-15-8-13(9-17)7-12(3)20-15/h4-8,11H,10H2,1-3H3,(H,19,20). The van der Waals surface area contributed by atoms with Crippen molar-refractivity contribution in [1.82, 2.24) is 9.97 Å². The van der Waals surface area contributed by atoms with Crippen LogP contribution in [0.15, 0.2) is 30.5 Å². The van der Waals surface area contributed by atoms with E-state index in [9.17, 15) is 0 Å². The quantitative estimate of drug-likeness (QED) is 0.912. The Bertz CT molecular complexity index is 662. The fourth-order valence-corrected chi connectivity index (χ4v) is 1.90. The highest BCUT2D eigenvalue weighted by Gasteiger charge is 2.07. The summed E-state index contributed by atoms with van der Waals surface area (Å²) in [5.74, 6) is 1.29. The van der Waals surface area contributed by atoms with Gasteiger partial charge in [-0.25, -0.2) is 9.97 Å². The van der Waals surface area contributed by atoms with E-state index < -0.39 is 0 Å². The first-order valence-corrected chi connectivity index (χ1v) is 6.81. The van der Waals surface area contributed by atoms with Gasteiger partial charge in [0.15, 0.2) is 0 Å². The van der Waals surface area contributed by atoms with E-state index >= 15 is 0 Å². The Hall–Kier alpha value is -2.61. The zero-order valence-corrected chi connectivity index (χ0v) is 12.4. The van der Waals surface area contributed by atoms with Crippen molar-refractivity contribution >= 4 is 5.82 Å². The lowest BCUT2D eigenvalue weighted by Crippen LogP contribution is -2.11. The third-order valence-electron chi connectivity index (χ3n) is 2.74. The Balaban J connectivity index is 2.13. The zero-order valence-electron chi connectivity index (χ0n) is 12.4. The van der Waals surface area contributed by atoms with Crippen LogP contribution in [-0.4, -0.2) is 16.1 Å². The average molecular weight is 282 g/mol. The van der Waals surface area contributed by atoms with Crippen LogP contribution in [0.4, 0.5) is 5.82 Å². The number of nitrogens with one attached hydrogen (secondary N) is 1. The highest BCUT2D eigenvalue weighted by molar-refractivity contribution is 5.45. The minimum atomic E-state index is 0.0703. The van der Waals surface area contributed by atoms with Gasteiger partial charge in [0, 0.05) is 24.0 Å². The number of ether oxygens (including phenoxy) is 1. The molecule has 0 aliphatic rings. The highest BCUT2D eigenvalue weighted by Crippen LogP contribution is 2.18. The van der Waals surface area contributed by atoms with Crippen molar-refractivity contribution < 1.29 is 4.74 Å². The lowest BCUT2D eigenvalue weighted by molar-refractivity contribution is 0.230. The van der Waals surface area contributed by atoms with E-state index in [1.807, 2.05) is 32.9 Å². The summed E-state index contributed by atoms with van der Waals surface area (Å²) in [5.41, 5.74) is 2.35. The largest absolute Gasteiger partial charge is 0.475 e. The maximum Gasteiger partial charge on any atom is 0.218 e. The van der Waals surface area contributed by atoms with E-state index in [1.54, 1.807) is 18.3 Å². The van der Waals surface area contributed by atoms with Crippen LogP contribution < -0.4 is 10.1 Å². The molecule has 0 fully saturated rings. The van der Waals surface area contributed by atoms with Crippen LogP contribution in [0.2, 0.25) is 0 Å². The van der Waals surface area contributed by atoms with Gasteiger partial charge in [0.2, 0.25) is 5.88 Å². The number of rotatable bonds is 5. The van der Waals surface area contributed by atoms with Gasteiger partial charge in [0.1, 0.15) is 5.82 Å². The number of nitriles is 1. The third kappa shape index (κ3) is 4.18. The normalized spacial score (nSPS) is 10.2. The summed E-state index contributed by atoms with van der Waals surface area (Å²) in [6, 6.07) is 9.43. The summed E-state index contributed by atoms with van der Waals surface area (Å²) in [5, 5.41) is 12.2. The second kappa shape index (κ2) is 6.71. The second-order valence-electron chi connectivity index (χ2n) is 4.98. The molecule has 0 atom stereocenters. The average Bonchev–Trinajstić information content (AvgIpc) is 2.45. The molecule has 0 saturated carbocycles. The molecule has 5 heteroatoms. The highest BCUT2D eigenvalue weighted by atomic mass is 16.5. The van der Waals surface area contributed by atoms with Crippen molar-refractivity contribution in [2.75, 3.05) is 5.32 Å². The van der Waals surface area contributed by atoms with Crippen molar-refractivity contribution in [1.29, 1.82) is 5.26 Å². The summed E-state index contributed by atoms with van der Waals surface area (Å²) in [6.45, 7) is 6.33. The molecule has 5 nitrogen and oxygen atoms in total. The van der Waals surface area contributed by atoms with Crippen molar-refractivity contribution in [3.05, 3.63) is 47.3 Å². The van der Waals surface area contributed by atoms with Gasteiger partial charge in [-0.2, -0.15) is 5.26 Å². The van der Waals surface area contributed by atoms with Crippen molar-refractivity contribution in [2.45, 2.75) is 33.4 Å². The lowest BCUT2D eigenvalue weighted by Gasteiger charge is -2.13. The number of hydrogen-bond donors (Lipinski definition) is 1. The molecule has 21 heavy (non-hydrogen) atoms. The van der Waals surface area contributed by atoms with Gasteiger partial charge in [0.25, 0.3) is 0 Å². The summed E-state index contributed by atoms with van der Waals surface area (Å²) in [7, 11) is 0. The molecule has 0 aliphatic carbocycles. The van der Waals surface area contributed by atoms with Gasteiger partial charge in [-0.15, -0.1) is 0 Å². The van der Waals surface area contributed by atoms with Crippen LogP contribution in [-0.2, 0) is 6.54 Å². The Morgan fingerprint density at radius 3 is 2.90 bits per heavy atom. The van der Waals surface area contributed by atoms with Gasteiger partial charge in [-0.05, 0) is 39.0 Å². The number of nitrogens with zero attached hydrogens (tertiary/aromatic N) is 3. The zero-order chi connectivity index (χ0) is 15.2. The predicted molar refractivity (Wildman–Crippen MR) is 81.0 cm³/mol. The van der Waals surface area contributed by atoms with Crippen LogP contribution in [0.5, 0.6) is 5.88 Å². The van der Waals surface area contributed by atoms with Crippen molar-refractivity contribution in [3.63, 3.8) is 0 Å². The molecular formula is C16H18N4O. The Morgan fingerprint density at radius 2 is 2.19 bits per heavy atom. The molecule has 2 aromatic rings. The van der Waals surface area contributed by atoms with Crippen LogP contribution in [0.25, 0.3) is 0 Å². The summed E-state index contributed by atoms with van der Waals surface area (Å²) in [4.78, 5) is 8.61. The van der Waals surface area contributed by atoms with E-state index in [0.29, 0.717) is 23.8 Å². The molecule has 2 aromatic heterocycles. The maximum absolute atomic E-state index is 8.98. The first-order valence-electron chi connectivity index (χ1n) is 6.81. The smallest absolute Gasteiger partial charge is 0.218 e. The van der Waals surface area contributed by atoms with Crippen molar-refractivity contribution in [3.8, 4) is 11.9 Å². The van der Waals surface area contributed by atoms with Crippen LogP contribution in [0.1, 0.15) is 30.7 Å². The first-order chi connectivity index (χ1) is 10.1. The van der Waals surface area contributed by atoms with Gasteiger partial charge < -0.3 is 10.1 Å². The fraction of sp³-hybridized carbons (Fsp3) is 0.312. The number of hydrogen-bond acceptors (Lipinski definition) is 5. The molecule has 2 heterocycles. The molecule has 0 bridgehead atoms. The van der Waals surface area contributed by atoms with E-state index in [1.165, 1.54) is 0 Å². The molecule has 0 aliphatic heterocycles. The van der Waals surface area contributed by atoms with Crippen LogP contribution >= 0.6 is 0 Å².